The number of hydrogen-bond acceptors (Lipinski definition) is 3. The maximum Gasteiger partial charge on any atom is 0.163 e. The van der Waals surface area contributed by atoms with E-state index < -0.39 is 11.6 Å². The van der Waals surface area contributed by atoms with Crippen molar-refractivity contribution >= 4 is 0 Å². The van der Waals surface area contributed by atoms with Crippen molar-refractivity contribution in [1.82, 2.24) is 10.2 Å². The molecule has 0 spiro atoms. The third-order valence-electron chi connectivity index (χ3n) is 4.01. The van der Waals surface area contributed by atoms with Gasteiger partial charge in [-0.2, -0.15) is 0 Å². The molecule has 0 saturated carbocycles. The number of benzene rings is 1. The van der Waals surface area contributed by atoms with Gasteiger partial charge in [0.05, 0.1) is 6.10 Å². The first kappa shape index (κ1) is 16.3. The summed E-state index contributed by atoms with van der Waals surface area (Å²) in [7, 11) is 1.78. The number of ether oxygens (including phenoxy) is 1. The molecule has 21 heavy (non-hydrogen) atoms. The fourth-order valence-electron chi connectivity index (χ4n) is 2.94. The number of likely N-dealkylation sites (N-methyl/N-ethyl adjacent to an activating group) is 1. The van der Waals surface area contributed by atoms with Crippen LogP contribution >= 0.6 is 0 Å². The van der Waals surface area contributed by atoms with E-state index in [1.807, 2.05) is 6.92 Å². The van der Waals surface area contributed by atoms with Gasteiger partial charge in [0.25, 0.3) is 0 Å². The van der Waals surface area contributed by atoms with E-state index in [4.69, 9.17) is 4.74 Å². The van der Waals surface area contributed by atoms with Gasteiger partial charge in [0.2, 0.25) is 0 Å². The lowest BCUT2D eigenvalue weighted by molar-refractivity contribution is 0.00358. The quantitative estimate of drug-likeness (QED) is 0.874. The minimum Gasteiger partial charge on any atom is -0.377 e. The van der Waals surface area contributed by atoms with E-state index in [-0.39, 0.29) is 12.1 Å². The van der Waals surface area contributed by atoms with Crippen LogP contribution in [-0.2, 0) is 4.74 Å². The molecular formula is C16H24F2N2O. The average Bonchev–Trinajstić information content (AvgIpc) is 2.49. The maximum atomic E-state index is 13.9. The van der Waals surface area contributed by atoms with Crippen LogP contribution in [-0.4, -0.2) is 44.3 Å². The Morgan fingerprint density at radius 3 is 2.95 bits per heavy atom. The topological polar surface area (TPSA) is 24.5 Å². The average molecular weight is 298 g/mol. The van der Waals surface area contributed by atoms with Crippen molar-refractivity contribution in [2.45, 2.75) is 31.9 Å². The van der Waals surface area contributed by atoms with E-state index in [9.17, 15) is 8.78 Å². The van der Waals surface area contributed by atoms with Crippen LogP contribution < -0.4 is 5.32 Å². The van der Waals surface area contributed by atoms with Gasteiger partial charge in [-0.25, -0.2) is 8.78 Å². The van der Waals surface area contributed by atoms with Gasteiger partial charge in [-0.3, -0.25) is 4.90 Å². The Balaban J connectivity index is 2.03. The Morgan fingerprint density at radius 1 is 1.43 bits per heavy atom. The monoisotopic (exact) mass is 298 g/mol. The highest BCUT2D eigenvalue weighted by Crippen LogP contribution is 2.22. The number of nitrogens with one attached hydrogen (secondary N) is 1. The van der Waals surface area contributed by atoms with Gasteiger partial charge in [0.15, 0.2) is 11.6 Å². The summed E-state index contributed by atoms with van der Waals surface area (Å²) in [4.78, 5) is 2.26. The molecule has 1 aromatic carbocycles. The van der Waals surface area contributed by atoms with Gasteiger partial charge >= 0.3 is 0 Å². The molecule has 1 fully saturated rings. The van der Waals surface area contributed by atoms with Crippen LogP contribution in [0.3, 0.4) is 0 Å². The molecule has 1 aliphatic heterocycles. The number of rotatable bonds is 6. The predicted octanol–water partition coefficient (Wildman–Crippen LogP) is 2.73. The first-order chi connectivity index (χ1) is 10.2. The smallest absolute Gasteiger partial charge is 0.163 e. The van der Waals surface area contributed by atoms with E-state index in [0.29, 0.717) is 18.7 Å². The molecule has 2 atom stereocenters. The lowest BCUT2D eigenvalue weighted by Gasteiger charge is -2.34. The molecular weight excluding hydrogens is 274 g/mol. The van der Waals surface area contributed by atoms with Gasteiger partial charge in [-0.05, 0) is 39.4 Å². The van der Waals surface area contributed by atoms with Crippen molar-refractivity contribution < 1.29 is 13.5 Å². The predicted molar refractivity (Wildman–Crippen MR) is 79.2 cm³/mol. The fraction of sp³-hybridized carbons (Fsp3) is 0.625. The molecule has 1 saturated heterocycles. The number of hydrogen-bond donors (Lipinski definition) is 1. The molecule has 1 aliphatic rings. The van der Waals surface area contributed by atoms with Gasteiger partial charge < -0.3 is 10.1 Å². The van der Waals surface area contributed by atoms with Gasteiger partial charge in [0.1, 0.15) is 0 Å². The highest BCUT2D eigenvalue weighted by molar-refractivity contribution is 5.23. The van der Waals surface area contributed by atoms with Gasteiger partial charge in [-0.15, -0.1) is 0 Å². The molecule has 5 heteroatoms. The molecule has 2 rings (SSSR count). The van der Waals surface area contributed by atoms with Gasteiger partial charge in [0, 0.05) is 31.3 Å². The molecule has 0 aliphatic carbocycles. The second kappa shape index (κ2) is 7.82. The third kappa shape index (κ3) is 4.22. The summed E-state index contributed by atoms with van der Waals surface area (Å²) in [5.74, 6) is -1.55. The largest absolute Gasteiger partial charge is 0.377 e. The van der Waals surface area contributed by atoms with Crippen molar-refractivity contribution in [3.8, 4) is 0 Å². The van der Waals surface area contributed by atoms with E-state index in [1.165, 1.54) is 0 Å². The highest BCUT2D eigenvalue weighted by Gasteiger charge is 2.24. The number of likely N-dealkylation sites (tertiary alicyclic amines) is 1. The van der Waals surface area contributed by atoms with Crippen LogP contribution in [0.15, 0.2) is 18.2 Å². The molecule has 1 aromatic rings. The third-order valence-corrected chi connectivity index (χ3v) is 4.01. The van der Waals surface area contributed by atoms with Crippen LogP contribution in [0.4, 0.5) is 8.78 Å². The van der Waals surface area contributed by atoms with E-state index >= 15 is 0 Å². The van der Waals surface area contributed by atoms with E-state index in [1.54, 1.807) is 19.2 Å². The van der Waals surface area contributed by atoms with Crippen LogP contribution in [0.1, 0.15) is 31.4 Å². The summed E-state index contributed by atoms with van der Waals surface area (Å²) < 4.78 is 33.0. The molecule has 2 unspecified atom stereocenters. The fourth-order valence-corrected chi connectivity index (χ4v) is 2.94. The maximum absolute atomic E-state index is 13.9. The number of nitrogens with zero attached hydrogens (tertiary/aromatic N) is 1. The van der Waals surface area contributed by atoms with Crippen molar-refractivity contribution in [3.05, 3.63) is 35.4 Å². The highest BCUT2D eigenvalue weighted by atomic mass is 19.2. The van der Waals surface area contributed by atoms with E-state index in [0.717, 1.165) is 32.0 Å². The second-order valence-electron chi connectivity index (χ2n) is 5.46. The summed E-state index contributed by atoms with van der Waals surface area (Å²) >= 11 is 0. The zero-order chi connectivity index (χ0) is 15.2. The zero-order valence-corrected chi connectivity index (χ0v) is 12.7. The lowest BCUT2D eigenvalue weighted by Crippen LogP contribution is -2.43. The Morgan fingerprint density at radius 2 is 2.24 bits per heavy atom. The molecule has 1 heterocycles. The second-order valence-corrected chi connectivity index (χ2v) is 5.46. The summed E-state index contributed by atoms with van der Waals surface area (Å²) in [6, 6.07) is 4.12. The molecule has 1 N–H and O–H groups in total. The standard InChI is InChI=1S/C16H24F2N2O/c1-3-21-12-6-5-9-20(10-12)11-15(19-2)13-7-4-8-14(17)16(13)18/h4,7-8,12,15,19H,3,5-6,9-11H2,1-2H3. The summed E-state index contributed by atoms with van der Waals surface area (Å²) in [6.45, 7) is 5.19. The van der Waals surface area contributed by atoms with Crippen LogP contribution in [0.5, 0.6) is 0 Å². The summed E-state index contributed by atoms with van der Waals surface area (Å²) in [5, 5.41) is 3.09. The molecule has 0 bridgehead atoms. The number of piperidine rings is 1. The minimum absolute atomic E-state index is 0.221. The first-order valence-corrected chi connectivity index (χ1v) is 7.60. The summed E-state index contributed by atoms with van der Waals surface area (Å²) in [5.41, 5.74) is 0.385. The molecule has 0 aromatic heterocycles. The Hall–Kier alpha value is -1.04. The Labute approximate surface area is 125 Å². The zero-order valence-electron chi connectivity index (χ0n) is 12.7. The van der Waals surface area contributed by atoms with Crippen LogP contribution in [0.2, 0.25) is 0 Å². The van der Waals surface area contributed by atoms with Crippen LogP contribution in [0.25, 0.3) is 0 Å². The van der Waals surface area contributed by atoms with Crippen molar-refractivity contribution in [2.24, 2.45) is 0 Å². The Kier molecular flexibility index (Phi) is 6.08. The lowest BCUT2D eigenvalue weighted by atomic mass is 10.0. The van der Waals surface area contributed by atoms with Gasteiger partial charge in [-0.1, -0.05) is 12.1 Å². The van der Waals surface area contributed by atoms with Crippen molar-refractivity contribution in [2.75, 3.05) is 33.3 Å². The molecule has 0 amide bonds. The summed E-state index contributed by atoms with van der Waals surface area (Å²) in [6.07, 6.45) is 2.40. The normalized spacial score (nSPS) is 21.4. The Bertz CT molecular complexity index is 454. The minimum atomic E-state index is -0.793. The molecule has 3 nitrogen and oxygen atoms in total. The first-order valence-electron chi connectivity index (χ1n) is 7.60. The van der Waals surface area contributed by atoms with E-state index in [2.05, 4.69) is 10.2 Å². The van der Waals surface area contributed by atoms with Crippen molar-refractivity contribution in [3.63, 3.8) is 0 Å². The molecule has 118 valence electrons. The van der Waals surface area contributed by atoms with Crippen LogP contribution in [0, 0.1) is 11.6 Å². The van der Waals surface area contributed by atoms with Crippen molar-refractivity contribution in [1.29, 1.82) is 0 Å². The SMILES string of the molecule is CCOC1CCCN(CC(NC)c2cccc(F)c2F)C1. The molecule has 0 radical (unpaired) electrons. The number of halogens is 2.